The van der Waals surface area contributed by atoms with Crippen molar-refractivity contribution in [2.75, 3.05) is 19.6 Å². The summed E-state index contributed by atoms with van der Waals surface area (Å²) in [6, 6.07) is 0.152. The first-order valence-corrected chi connectivity index (χ1v) is 7.27. The molecule has 0 spiro atoms. The van der Waals surface area contributed by atoms with Gasteiger partial charge in [0.15, 0.2) is 0 Å². The summed E-state index contributed by atoms with van der Waals surface area (Å²) in [6.45, 7) is 7.18. The fourth-order valence-electron chi connectivity index (χ4n) is 2.43. The maximum absolute atomic E-state index is 12.0. The number of piperidine rings is 1. The zero-order valence-corrected chi connectivity index (χ0v) is 12.3. The molecule has 3 N–H and O–H groups in total. The molecule has 2 atom stereocenters. The fraction of sp³-hybridized carbons (Fsp3) is 0.846. The van der Waals surface area contributed by atoms with Crippen molar-refractivity contribution in [1.82, 2.24) is 10.2 Å². The van der Waals surface area contributed by atoms with Gasteiger partial charge in [0, 0.05) is 12.6 Å². The highest BCUT2D eigenvalue weighted by Crippen LogP contribution is 2.09. The Morgan fingerprint density at radius 3 is 2.50 bits per heavy atom. The predicted octanol–water partition coefficient (Wildman–Crippen LogP) is 1.29. The molecule has 1 saturated heterocycles. The van der Waals surface area contributed by atoms with E-state index >= 15 is 0 Å². The fourth-order valence-corrected chi connectivity index (χ4v) is 2.71. The second-order valence-corrected chi connectivity index (χ2v) is 5.61. The van der Waals surface area contributed by atoms with E-state index in [2.05, 4.69) is 10.2 Å². The number of hydrogen-bond acceptors (Lipinski definition) is 3. The third-order valence-electron chi connectivity index (χ3n) is 3.44. The minimum Gasteiger partial charge on any atom is -0.393 e. The van der Waals surface area contributed by atoms with Gasteiger partial charge in [-0.15, -0.1) is 0 Å². The van der Waals surface area contributed by atoms with Crippen LogP contribution < -0.4 is 11.1 Å². The lowest BCUT2D eigenvalue weighted by molar-refractivity contribution is -0.123. The average molecular weight is 271 g/mol. The Bertz CT molecular complexity index is 290. The summed E-state index contributed by atoms with van der Waals surface area (Å²) < 4.78 is 0. The number of carbonyl (C=O) groups is 1. The molecule has 0 aliphatic carbocycles. The molecular formula is C13H25N3OS. The molecule has 0 saturated carbocycles. The van der Waals surface area contributed by atoms with Gasteiger partial charge in [-0.05, 0) is 39.3 Å². The van der Waals surface area contributed by atoms with Crippen LogP contribution in [0.25, 0.3) is 0 Å². The third-order valence-corrected chi connectivity index (χ3v) is 3.72. The molecule has 0 aromatic heterocycles. The normalized spacial score (nSPS) is 20.1. The van der Waals surface area contributed by atoms with Crippen LogP contribution in [0.3, 0.4) is 0 Å². The van der Waals surface area contributed by atoms with E-state index in [4.69, 9.17) is 18.0 Å². The van der Waals surface area contributed by atoms with Crippen molar-refractivity contribution in [1.29, 1.82) is 0 Å². The Balaban J connectivity index is 2.36. The number of nitrogens with one attached hydrogen (secondary N) is 1. The molecule has 1 rings (SSSR count). The van der Waals surface area contributed by atoms with Gasteiger partial charge in [-0.3, -0.25) is 4.79 Å². The van der Waals surface area contributed by atoms with Crippen molar-refractivity contribution in [3.8, 4) is 0 Å². The number of nitrogens with zero attached hydrogens (tertiary/aromatic N) is 1. The smallest absolute Gasteiger partial charge is 0.230 e. The number of likely N-dealkylation sites (tertiary alicyclic amines) is 1. The summed E-state index contributed by atoms with van der Waals surface area (Å²) in [5.74, 6) is -0.363. The quantitative estimate of drug-likeness (QED) is 0.715. The molecule has 1 amide bonds. The van der Waals surface area contributed by atoms with Gasteiger partial charge >= 0.3 is 0 Å². The Labute approximate surface area is 115 Å². The van der Waals surface area contributed by atoms with Crippen LogP contribution in [0.1, 0.15) is 39.5 Å². The standard InChI is InChI=1S/C13H25N3OS/c1-3-11(12(14)18)13(17)15-10(2)9-16-7-5-4-6-8-16/h10-11H,3-9H2,1-2H3,(H2,14,18)(H,15,17). The van der Waals surface area contributed by atoms with Crippen LogP contribution in [0, 0.1) is 5.92 Å². The molecule has 18 heavy (non-hydrogen) atoms. The van der Waals surface area contributed by atoms with Gasteiger partial charge in [0.25, 0.3) is 0 Å². The molecule has 1 heterocycles. The summed E-state index contributed by atoms with van der Waals surface area (Å²) in [4.78, 5) is 14.7. The number of nitrogens with two attached hydrogens (primary N) is 1. The average Bonchev–Trinajstić information content (AvgIpc) is 2.30. The lowest BCUT2D eigenvalue weighted by Crippen LogP contribution is -2.47. The van der Waals surface area contributed by atoms with Gasteiger partial charge in [0.1, 0.15) is 0 Å². The van der Waals surface area contributed by atoms with Gasteiger partial charge in [-0.2, -0.15) is 0 Å². The van der Waals surface area contributed by atoms with Crippen LogP contribution in [0.4, 0.5) is 0 Å². The second-order valence-electron chi connectivity index (χ2n) is 5.13. The van der Waals surface area contributed by atoms with Gasteiger partial charge in [0.05, 0.1) is 10.9 Å². The summed E-state index contributed by atoms with van der Waals surface area (Å²) in [6.07, 6.45) is 4.53. The van der Waals surface area contributed by atoms with Crippen molar-refractivity contribution in [2.24, 2.45) is 11.7 Å². The lowest BCUT2D eigenvalue weighted by atomic mass is 10.1. The first kappa shape index (κ1) is 15.4. The van der Waals surface area contributed by atoms with E-state index in [1.165, 1.54) is 19.3 Å². The van der Waals surface area contributed by atoms with E-state index < -0.39 is 0 Å². The molecule has 1 aliphatic rings. The Kier molecular flexibility index (Phi) is 6.57. The molecule has 5 heteroatoms. The topological polar surface area (TPSA) is 58.4 Å². The Hall–Kier alpha value is -0.680. The number of carbonyl (C=O) groups excluding carboxylic acids is 1. The summed E-state index contributed by atoms with van der Waals surface area (Å²) in [7, 11) is 0. The molecule has 0 aromatic rings. The molecule has 0 bridgehead atoms. The van der Waals surface area contributed by atoms with E-state index in [0.29, 0.717) is 11.4 Å². The number of amides is 1. The van der Waals surface area contributed by atoms with Crippen molar-refractivity contribution in [3.05, 3.63) is 0 Å². The molecule has 0 radical (unpaired) electrons. The van der Waals surface area contributed by atoms with E-state index in [-0.39, 0.29) is 17.9 Å². The van der Waals surface area contributed by atoms with E-state index in [1.54, 1.807) is 0 Å². The highest BCUT2D eigenvalue weighted by atomic mass is 32.1. The summed E-state index contributed by atoms with van der Waals surface area (Å²) in [5, 5.41) is 3.01. The van der Waals surface area contributed by atoms with Crippen LogP contribution in [-0.4, -0.2) is 41.5 Å². The summed E-state index contributed by atoms with van der Waals surface area (Å²) >= 11 is 4.91. The van der Waals surface area contributed by atoms with Crippen LogP contribution in [0.5, 0.6) is 0 Å². The van der Waals surface area contributed by atoms with E-state index in [0.717, 1.165) is 19.6 Å². The lowest BCUT2D eigenvalue weighted by Gasteiger charge is -2.29. The van der Waals surface area contributed by atoms with Crippen LogP contribution in [0.15, 0.2) is 0 Å². The van der Waals surface area contributed by atoms with Gasteiger partial charge in [0.2, 0.25) is 5.91 Å². The maximum atomic E-state index is 12.0. The minimum atomic E-state index is -0.330. The third kappa shape index (κ3) is 4.90. The molecular weight excluding hydrogens is 246 g/mol. The van der Waals surface area contributed by atoms with Crippen molar-refractivity contribution >= 4 is 23.1 Å². The van der Waals surface area contributed by atoms with Crippen molar-refractivity contribution in [3.63, 3.8) is 0 Å². The van der Waals surface area contributed by atoms with Gasteiger partial charge < -0.3 is 16.0 Å². The number of thiocarbonyl (C=S) groups is 1. The Morgan fingerprint density at radius 1 is 1.39 bits per heavy atom. The zero-order valence-electron chi connectivity index (χ0n) is 11.4. The highest BCUT2D eigenvalue weighted by molar-refractivity contribution is 7.80. The van der Waals surface area contributed by atoms with Crippen LogP contribution >= 0.6 is 12.2 Å². The highest BCUT2D eigenvalue weighted by Gasteiger charge is 2.21. The van der Waals surface area contributed by atoms with Gasteiger partial charge in [-0.1, -0.05) is 25.6 Å². The molecule has 0 aromatic carbocycles. The minimum absolute atomic E-state index is 0.0329. The first-order chi connectivity index (χ1) is 8.54. The monoisotopic (exact) mass is 271 g/mol. The first-order valence-electron chi connectivity index (χ1n) is 6.86. The maximum Gasteiger partial charge on any atom is 0.230 e. The van der Waals surface area contributed by atoms with E-state index in [9.17, 15) is 4.79 Å². The van der Waals surface area contributed by atoms with Crippen molar-refractivity contribution < 1.29 is 4.79 Å². The zero-order chi connectivity index (χ0) is 13.5. The summed E-state index contributed by atoms with van der Waals surface area (Å²) in [5.41, 5.74) is 5.57. The second kappa shape index (κ2) is 7.69. The largest absolute Gasteiger partial charge is 0.393 e. The van der Waals surface area contributed by atoms with Crippen LogP contribution in [0.2, 0.25) is 0 Å². The molecule has 104 valence electrons. The number of hydrogen-bond donors (Lipinski definition) is 2. The van der Waals surface area contributed by atoms with Gasteiger partial charge in [-0.25, -0.2) is 0 Å². The van der Waals surface area contributed by atoms with Crippen LogP contribution in [-0.2, 0) is 4.79 Å². The molecule has 4 nitrogen and oxygen atoms in total. The van der Waals surface area contributed by atoms with Crippen molar-refractivity contribution in [2.45, 2.75) is 45.6 Å². The molecule has 1 fully saturated rings. The number of rotatable bonds is 6. The Morgan fingerprint density at radius 2 is 2.00 bits per heavy atom. The molecule has 2 unspecified atom stereocenters. The van der Waals surface area contributed by atoms with E-state index in [1.807, 2.05) is 13.8 Å². The predicted molar refractivity (Wildman–Crippen MR) is 78.5 cm³/mol. The SMILES string of the molecule is CCC(C(=O)NC(C)CN1CCCCC1)C(N)=S. The molecule has 1 aliphatic heterocycles.